The van der Waals surface area contributed by atoms with E-state index < -0.39 is 12.3 Å². The first-order chi connectivity index (χ1) is 19.5. The maximum atomic E-state index is 14.2. The van der Waals surface area contributed by atoms with Crippen molar-refractivity contribution in [2.45, 2.75) is 63.0 Å². The number of aromatic nitrogens is 4. The van der Waals surface area contributed by atoms with Crippen LogP contribution in [0.1, 0.15) is 106 Å². The van der Waals surface area contributed by atoms with Gasteiger partial charge < -0.3 is 0 Å². The summed E-state index contributed by atoms with van der Waals surface area (Å²) >= 11 is 0. The quantitative estimate of drug-likeness (QED) is 0.248. The van der Waals surface area contributed by atoms with Gasteiger partial charge in [-0.25, -0.2) is 8.78 Å². The molecule has 0 bridgehead atoms. The number of halogens is 2. The number of hydrogen-bond acceptors (Lipinski definition) is 4. The van der Waals surface area contributed by atoms with Crippen molar-refractivity contribution >= 4 is 11.6 Å². The van der Waals surface area contributed by atoms with E-state index in [-0.39, 0.29) is 35.5 Å². The van der Waals surface area contributed by atoms with Crippen molar-refractivity contribution in [3.05, 3.63) is 107 Å². The number of Topliss-reactive ketones (excluding diaryl/α,β-unsaturated/α-hetero) is 2. The second kappa shape index (κ2) is 9.91. The van der Waals surface area contributed by atoms with Gasteiger partial charge in [-0.15, -0.1) is 0 Å². The van der Waals surface area contributed by atoms with E-state index in [4.69, 9.17) is 0 Å². The lowest BCUT2D eigenvalue weighted by Gasteiger charge is -2.11. The molecule has 2 aromatic carbocycles. The molecule has 2 aliphatic carbocycles. The number of alkyl halides is 2. The number of ketones is 2. The Morgan fingerprint density at radius 3 is 1.35 bits per heavy atom. The molecule has 204 valence electrons. The molecule has 4 aromatic rings. The topological polar surface area (TPSA) is 69.8 Å². The molecule has 0 spiro atoms. The van der Waals surface area contributed by atoms with Gasteiger partial charge in [0.15, 0.2) is 11.6 Å². The number of hydrogen-bond donors (Lipinski definition) is 0. The minimum Gasteiger partial charge on any atom is -0.292 e. The second-order valence-corrected chi connectivity index (χ2v) is 11.3. The molecule has 2 fully saturated rings. The molecule has 4 atom stereocenters. The number of carbonyl (C=O) groups excluding carboxylic acids is 2. The number of nitrogens with zero attached hydrogens (tertiary/aromatic N) is 4. The summed E-state index contributed by atoms with van der Waals surface area (Å²) in [4.78, 5) is 24.1. The van der Waals surface area contributed by atoms with Gasteiger partial charge in [0, 0.05) is 24.7 Å². The van der Waals surface area contributed by atoms with Gasteiger partial charge in [-0.2, -0.15) is 10.2 Å². The third-order valence-electron chi connectivity index (χ3n) is 8.39. The van der Waals surface area contributed by atoms with Gasteiger partial charge in [0.25, 0.3) is 0 Å². The first-order valence-electron chi connectivity index (χ1n) is 14.1. The fourth-order valence-electron chi connectivity index (χ4n) is 5.87. The van der Waals surface area contributed by atoms with Gasteiger partial charge in [-0.05, 0) is 48.9 Å². The van der Waals surface area contributed by atoms with Crippen LogP contribution in [0, 0.1) is 11.8 Å². The maximum Gasteiger partial charge on any atom is 0.186 e. The zero-order valence-corrected chi connectivity index (χ0v) is 22.0. The molecule has 0 radical (unpaired) electrons. The maximum absolute atomic E-state index is 14.2. The molecule has 0 amide bonds. The number of benzene rings is 2. The van der Waals surface area contributed by atoms with Crippen LogP contribution in [0.25, 0.3) is 0 Å². The average Bonchev–Trinajstić information content (AvgIpc) is 3.87. The number of rotatable bonds is 6. The largest absolute Gasteiger partial charge is 0.292 e. The van der Waals surface area contributed by atoms with Gasteiger partial charge in [0.1, 0.15) is 23.7 Å². The van der Waals surface area contributed by atoms with Crippen LogP contribution in [0.15, 0.2) is 72.8 Å². The van der Waals surface area contributed by atoms with Crippen LogP contribution in [-0.4, -0.2) is 31.1 Å². The predicted octanol–water partition coefficient (Wildman–Crippen LogP) is 6.96. The standard InChI is InChI=1S/2C16H15FN2O/c2*17-12-8-14(10-4-2-1-3-5-10)19-15(12)9-13(18-19)16(20)11-6-7-11/h2*1-5,9,11-12,14H,6-8H2/t2*12-,14-/m00/s1. The molecule has 6 nitrogen and oxygen atoms in total. The Bertz CT molecular complexity index is 1440. The predicted molar refractivity (Wildman–Crippen MR) is 145 cm³/mol. The zero-order valence-electron chi connectivity index (χ0n) is 22.0. The summed E-state index contributed by atoms with van der Waals surface area (Å²) in [5.74, 6) is 0.398. The summed E-state index contributed by atoms with van der Waals surface area (Å²) in [6.07, 6.45) is 2.53. The first kappa shape index (κ1) is 25.1. The number of carbonyl (C=O) groups is 2. The normalized spacial score (nSPS) is 24.6. The van der Waals surface area contributed by atoms with Crippen LogP contribution in [0.3, 0.4) is 0 Å². The Balaban J connectivity index is 0.000000132. The minimum atomic E-state index is -1.03. The summed E-state index contributed by atoms with van der Waals surface area (Å²) < 4.78 is 31.8. The van der Waals surface area contributed by atoms with Crippen LogP contribution in [-0.2, 0) is 0 Å². The Morgan fingerprint density at radius 1 is 0.625 bits per heavy atom. The molecule has 2 saturated carbocycles. The lowest BCUT2D eigenvalue weighted by Crippen LogP contribution is -2.10. The van der Waals surface area contributed by atoms with E-state index >= 15 is 0 Å². The highest BCUT2D eigenvalue weighted by Gasteiger charge is 2.39. The fourth-order valence-corrected chi connectivity index (χ4v) is 5.87. The van der Waals surface area contributed by atoms with E-state index in [0.29, 0.717) is 35.6 Å². The van der Waals surface area contributed by atoms with Crippen molar-refractivity contribution in [2.24, 2.45) is 11.8 Å². The fraction of sp³-hybridized carbons (Fsp3) is 0.375. The van der Waals surface area contributed by atoms with E-state index in [2.05, 4.69) is 10.2 Å². The third-order valence-corrected chi connectivity index (χ3v) is 8.39. The van der Waals surface area contributed by atoms with E-state index in [1.807, 2.05) is 60.7 Å². The lowest BCUT2D eigenvalue weighted by molar-refractivity contribution is 0.0954. The van der Waals surface area contributed by atoms with Gasteiger partial charge >= 0.3 is 0 Å². The average molecular weight is 541 g/mol. The molecule has 2 aliphatic heterocycles. The van der Waals surface area contributed by atoms with Crippen molar-refractivity contribution in [1.82, 2.24) is 19.6 Å². The van der Waals surface area contributed by atoms with Crippen LogP contribution in [0.2, 0.25) is 0 Å². The molecule has 0 saturated heterocycles. The van der Waals surface area contributed by atoms with Crippen molar-refractivity contribution in [2.75, 3.05) is 0 Å². The Labute approximate surface area is 231 Å². The molecule has 2 aromatic heterocycles. The Kier molecular flexibility index (Phi) is 6.21. The van der Waals surface area contributed by atoms with Gasteiger partial charge in [-0.1, -0.05) is 60.7 Å². The molecule has 0 N–H and O–H groups in total. The van der Waals surface area contributed by atoms with E-state index in [9.17, 15) is 18.4 Å². The third kappa shape index (κ3) is 4.59. The van der Waals surface area contributed by atoms with Crippen molar-refractivity contribution in [3.8, 4) is 0 Å². The van der Waals surface area contributed by atoms with Crippen molar-refractivity contribution in [1.29, 1.82) is 0 Å². The highest BCUT2D eigenvalue weighted by molar-refractivity contribution is 5.98. The Hall–Kier alpha value is -3.94. The van der Waals surface area contributed by atoms with Gasteiger partial charge in [0.2, 0.25) is 0 Å². The molecular weight excluding hydrogens is 510 g/mol. The highest BCUT2D eigenvalue weighted by Crippen LogP contribution is 2.43. The zero-order chi connectivity index (χ0) is 27.4. The molecule has 4 heterocycles. The van der Waals surface area contributed by atoms with Gasteiger partial charge in [-0.3, -0.25) is 19.0 Å². The van der Waals surface area contributed by atoms with Crippen LogP contribution < -0.4 is 0 Å². The summed E-state index contributed by atoms with van der Waals surface area (Å²) in [5, 5.41) is 8.77. The van der Waals surface area contributed by atoms with E-state index in [1.54, 1.807) is 21.5 Å². The van der Waals surface area contributed by atoms with Crippen molar-refractivity contribution in [3.63, 3.8) is 0 Å². The Morgan fingerprint density at radius 2 is 1.00 bits per heavy atom. The van der Waals surface area contributed by atoms with Crippen LogP contribution >= 0.6 is 0 Å². The number of fused-ring (bicyclic) bond motifs is 2. The second-order valence-electron chi connectivity index (χ2n) is 11.3. The summed E-state index contributed by atoms with van der Waals surface area (Å²) in [7, 11) is 0. The van der Waals surface area contributed by atoms with Crippen LogP contribution in [0.5, 0.6) is 0 Å². The SMILES string of the molecule is O=C(c1cc2n(n1)[C@H](c1ccccc1)C[C@@H]2F)C1CC1.O=C(c1cc2n(n1)[C@H](c1ccccc1)C[C@@H]2F)C1CC1. The minimum absolute atomic E-state index is 0.0749. The van der Waals surface area contributed by atoms with Crippen molar-refractivity contribution < 1.29 is 18.4 Å². The monoisotopic (exact) mass is 540 g/mol. The smallest absolute Gasteiger partial charge is 0.186 e. The molecule has 0 unspecified atom stereocenters. The molecule has 40 heavy (non-hydrogen) atoms. The summed E-state index contributed by atoms with van der Waals surface area (Å²) in [5.41, 5.74) is 4.05. The van der Waals surface area contributed by atoms with E-state index in [0.717, 1.165) is 36.8 Å². The molecule has 4 aliphatic rings. The summed E-state index contributed by atoms with van der Waals surface area (Å²) in [6.45, 7) is 0. The molecule has 8 heteroatoms. The van der Waals surface area contributed by atoms with E-state index in [1.165, 1.54) is 0 Å². The lowest BCUT2D eigenvalue weighted by atomic mass is 10.0. The summed E-state index contributed by atoms with van der Waals surface area (Å²) in [6, 6.07) is 22.7. The molecular formula is C32H30F2N4O2. The molecule has 8 rings (SSSR count). The highest BCUT2D eigenvalue weighted by atomic mass is 19.1. The van der Waals surface area contributed by atoms with Gasteiger partial charge in [0.05, 0.1) is 23.5 Å². The van der Waals surface area contributed by atoms with Crippen LogP contribution in [0.4, 0.5) is 8.78 Å². The first-order valence-corrected chi connectivity index (χ1v) is 14.1.